The minimum Gasteiger partial charge on any atom is -0.480 e. The summed E-state index contributed by atoms with van der Waals surface area (Å²) in [5.41, 5.74) is 14.7. The number of hydroxylamine groups is 1. The summed E-state index contributed by atoms with van der Waals surface area (Å²) < 4.78 is 4.99. The van der Waals surface area contributed by atoms with Crippen molar-refractivity contribution in [2.45, 2.75) is 58.7 Å². The van der Waals surface area contributed by atoms with E-state index in [0.29, 0.717) is 11.3 Å². The molecule has 1 fully saturated rings. The molecule has 37 heavy (non-hydrogen) atoms. The first-order valence-corrected chi connectivity index (χ1v) is 11.5. The van der Waals surface area contributed by atoms with Crippen molar-refractivity contribution in [1.82, 2.24) is 10.8 Å². The lowest BCUT2D eigenvalue weighted by Gasteiger charge is -2.07. The maximum absolute atomic E-state index is 11.0. The van der Waals surface area contributed by atoms with E-state index in [1.165, 1.54) is 20.1 Å². The Hall–Kier alpha value is -3.52. The molecular weight excluding hydrogens is 488 g/mol. The van der Waals surface area contributed by atoms with Gasteiger partial charge >= 0.3 is 23.5 Å². The van der Waals surface area contributed by atoms with Gasteiger partial charge in [0.2, 0.25) is 0 Å². The molecule has 0 radical (unpaired) electrons. The highest BCUT2D eigenvalue weighted by Gasteiger charge is 2.20. The molecule has 0 spiro atoms. The molecule has 0 saturated carbocycles. The molecule has 13 nitrogen and oxygen atoms in total. The topological polar surface area (TPSA) is 227 Å². The molecule has 0 aliphatic carbocycles. The van der Waals surface area contributed by atoms with E-state index in [-0.39, 0.29) is 17.6 Å². The number of carboxylic acids is 3. The molecule has 0 unspecified atom stereocenters. The summed E-state index contributed by atoms with van der Waals surface area (Å²) in [5, 5.41) is 28.5. The Balaban J connectivity index is 0.000000483. The van der Waals surface area contributed by atoms with Gasteiger partial charge in [0.15, 0.2) is 0 Å². The lowest BCUT2D eigenvalue weighted by atomic mass is 10.1. The van der Waals surface area contributed by atoms with Gasteiger partial charge in [-0.1, -0.05) is 13.8 Å². The van der Waals surface area contributed by atoms with Gasteiger partial charge in [-0.25, -0.2) is 4.79 Å². The maximum Gasteiger partial charge on any atom is 0.336 e. The molecule has 0 bridgehead atoms. The van der Waals surface area contributed by atoms with E-state index in [0.717, 1.165) is 30.3 Å². The minimum atomic E-state index is -0.931. The number of anilines is 1. The summed E-state index contributed by atoms with van der Waals surface area (Å²) in [6.45, 7) is 7.77. The first-order valence-electron chi connectivity index (χ1n) is 11.5. The Kier molecular flexibility index (Phi) is 15.4. The number of aliphatic carboxylic acids is 3. The standard InChI is InChI=1S/C10H9NO2.C5H9NO2.C5H11NO2.C4H9NO3/c1-6-4-10(12)13-9-5-7(11)2-3-8(6)9;7-5(8)4-2-1-3-6-4;1-3(2)4(6)5(7)8;1-3(4(6)7)5-8-2/h2-5H,11H2,1H3;4,6H,1-3H2,(H,7,8);3-4H,6H2,1-2H3,(H,7,8);3,5H,1-2H3,(H,6,7)/t;2*4-;3-/m.000/s1. The molecule has 13 heteroatoms. The third-order valence-corrected chi connectivity index (χ3v) is 5.00. The summed E-state index contributed by atoms with van der Waals surface area (Å²) in [4.78, 5) is 45.4. The molecule has 1 aliphatic rings. The first-order chi connectivity index (χ1) is 17.2. The smallest absolute Gasteiger partial charge is 0.336 e. The van der Waals surface area contributed by atoms with Gasteiger partial charge in [-0.2, -0.15) is 5.48 Å². The van der Waals surface area contributed by atoms with Crippen LogP contribution in [0.2, 0.25) is 0 Å². The van der Waals surface area contributed by atoms with E-state index in [9.17, 15) is 19.2 Å². The van der Waals surface area contributed by atoms with Gasteiger partial charge in [-0.15, -0.1) is 0 Å². The van der Waals surface area contributed by atoms with E-state index < -0.39 is 30.0 Å². The molecule has 2 aromatic rings. The molecule has 1 aliphatic heterocycles. The van der Waals surface area contributed by atoms with E-state index >= 15 is 0 Å². The van der Waals surface area contributed by atoms with Crippen LogP contribution in [0.1, 0.15) is 39.2 Å². The van der Waals surface area contributed by atoms with Gasteiger partial charge in [0.05, 0.1) is 7.11 Å². The van der Waals surface area contributed by atoms with Crippen molar-refractivity contribution in [3.8, 4) is 0 Å². The Bertz CT molecular complexity index is 1050. The number of hydrogen-bond acceptors (Lipinski definition) is 10. The van der Waals surface area contributed by atoms with Gasteiger partial charge in [0, 0.05) is 23.2 Å². The second kappa shape index (κ2) is 17.0. The predicted octanol–water partition coefficient (Wildman–Crippen LogP) is 1.17. The number of nitrogen functional groups attached to an aromatic ring is 1. The number of nitrogens with two attached hydrogens (primary N) is 2. The van der Waals surface area contributed by atoms with Crippen LogP contribution >= 0.6 is 0 Å². The average molecular weight is 527 g/mol. The molecule has 9 N–H and O–H groups in total. The summed E-state index contributed by atoms with van der Waals surface area (Å²) in [5.74, 6) is -2.55. The van der Waals surface area contributed by atoms with Crippen LogP contribution in [0.15, 0.2) is 33.5 Å². The fourth-order valence-corrected chi connectivity index (χ4v) is 2.75. The van der Waals surface area contributed by atoms with Gasteiger partial charge in [-0.3, -0.25) is 14.4 Å². The number of carbonyl (C=O) groups is 3. The van der Waals surface area contributed by atoms with Crippen LogP contribution in [0.4, 0.5) is 5.69 Å². The Morgan fingerprint density at radius 1 is 1.14 bits per heavy atom. The van der Waals surface area contributed by atoms with Crippen molar-refractivity contribution in [1.29, 1.82) is 0 Å². The van der Waals surface area contributed by atoms with E-state index in [4.69, 9.17) is 31.2 Å². The van der Waals surface area contributed by atoms with Gasteiger partial charge in [0.1, 0.15) is 23.7 Å². The zero-order valence-corrected chi connectivity index (χ0v) is 21.7. The molecular formula is C24H38N4O9. The van der Waals surface area contributed by atoms with E-state index in [1.54, 1.807) is 26.0 Å². The highest BCUT2D eigenvalue weighted by atomic mass is 16.6. The van der Waals surface area contributed by atoms with Crippen LogP contribution in [0.3, 0.4) is 0 Å². The summed E-state index contributed by atoms with van der Waals surface area (Å²) in [6.07, 6.45) is 1.78. The molecule has 0 amide bonds. The molecule has 3 atom stereocenters. The van der Waals surface area contributed by atoms with Gasteiger partial charge in [-0.05, 0) is 56.8 Å². The van der Waals surface area contributed by atoms with Crippen molar-refractivity contribution in [2.75, 3.05) is 19.4 Å². The second-order valence-corrected chi connectivity index (χ2v) is 8.48. The number of benzene rings is 1. The fourth-order valence-electron chi connectivity index (χ4n) is 2.75. The van der Waals surface area contributed by atoms with Crippen LogP contribution in [0.5, 0.6) is 0 Å². The number of carboxylic acid groups (broad SMARTS) is 3. The lowest BCUT2D eigenvalue weighted by molar-refractivity contribution is -0.142. The zero-order valence-electron chi connectivity index (χ0n) is 21.7. The number of fused-ring (bicyclic) bond motifs is 1. The predicted molar refractivity (Wildman–Crippen MR) is 138 cm³/mol. The lowest BCUT2D eigenvalue weighted by Crippen LogP contribution is -2.34. The number of nitrogens with one attached hydrogen (secondary N) is 2. The summed E-state index contributed by atoms with van der Waals surface area (Å²) in [6, 6.07) is 5.14. The fraction of sp³-hybridized carbons (Fsp3) is 0.500. The summed E-state index contributed by atoms with van der Waals surface area (Å²) >= 11 is 0. The summed E-state index contributed by atoms with van der Waals surface area (Å²) in [7, 11) is 1.37. The third-order valence-electron chi connectivity index (χ3n) is 5.00. The van der Waals surface area contributed by atoms with Crippen molar-refractivity contribution in [2.24, 2.45) is 11.7 Å². The Morgan fingerprint density at radius 2 is 1.76 bits per heavy atom. The monoisotopic (exact) mass is 526 g/mol. The van der Waals surface area contributed by atoms with Crippen LogP contribution in [0.25, 0.3) is 11.0 Å². The highest BCUT2D eigenvalue weighted by Crippen LogP contribution is 2.18. The number of rotatable bonds is 6. The first kappa shape index (κ1) is 33.5. The Labute approximate surface area is 214 Å². The maximum atomic E-state index is 11.0. The van der Waals surface area contributed by atoms with Crippen molar-refractivity contribution in [3.05, 3.63) is 40.2 Å². The average Bonchev–Trinajstić information content (AvgIpc) is 3.35. The minimum absolute atomic E-state index is 0.0208. The van der Waals surface area contributed by atoms with Crippen LogP contribution in [-0.4, -0.2) is 65.0 Å². The highest BCUT2D eigenvalue weighted by molar-refractivity contribution is 5.82. The SMILES string of the molecule is CC(C)[C@H](N)C(=O)O.CON[C@@H](C)C(=O)O.Cc1cc(=O)oc2cc(N)ccc12.O=C(O)[C@@H]1CCCN1. The molecule has 208 valence electrons. The molecule has 1 saturated heterocycles. The van der Waals surface area contributed by atoms with Crippen LogP contribution < -0.4 is 27.9 Å². The van der Waals surface area contributed by atoms with Gasteiger partial charge < -0.3 is 41.4 Å². The van der Waals surface area contributed by atoms with Gasteiger partial charge in [0.25, 0.3) is 0 Å². The number of aryl methyl sites for hydroxylation is 1. The van der Waals surface area contributed by atoms with E-state index in [1.807, 2.05) is 13.0 Å². The van der Waals surface area contributed by atoms with Crippen LogP contribution in [-0.2, 0) is 19.2 Å². The largest absolute Gasteiger partial charge is 0.480 e. The Morgan fingerprint density at radius 3 is 2.11 bits per heavy atom. The van der Waals surface area contributed by atoms with Crippen LogP contribution in [0, 0.1) is 12.8 Å². The molecule has 1 aromatic heterocycles. The molecule has 2 heterocycles. The van der Waals surface area contributed by atoms with Crippen molar-refractivity contribution in [3.63, 3.8) is 0 Å². The van der Waals surface area contributed by atoms with Crippen molar-refractivity contribution >= 4 is 34.6 Å². The van der Waals surface area contributed by atoms with E-state index in [2.05, 4.69) is 15.6 Å². The molecule has 1 aromatic carbocycles. The normalized spacial score (nSPS) is 15.7. The second-order valence-electron chi connectivity index (χ2n) is 8.48. The third kappa shape index (κ3) is 13.4. The van der Waals surface area contributed by atoms with Crippen molar-refractivity contribution < 1.29 is 39.0 Å². The zero-order chi connectivity index (χ0) is 28.7. The molecule has 3 rings (SSSR count). The number of hydrogen-bond donors (Lipinski definition) is 7. The quantitative estimate of drug-likeness (QED) is 0.159.